The lowest BCUT2D eigenvalue weighted by atomic mass is 10.1. The molecular formula is C13H20N2OS. The van der Waals surface area contributed by atoms with Gasteiger partial charge in [0.2, 0.25) is 5.91 Å². The van der Waals surface area contributed by atoms with E-state index in [1.807, 2.05) is 45.9 Å². The number of nitrogen functional groups attached to an aromatic ring is 1. The molecule has 0 aliphatic rings. The van der Waals surface area contributed by atoms with Gasteiger partial charge in [-0.05, 0) is 51.5 Å². The Hall–Kier alpha value is -1.16. The number of anilines is 1. The topological polar surface area (TPSA) is 55.1 Å². The Balaban J connectivity index is 2.53. The summed E-state index contributed by atoms with van der Waals surface area (Å²) in [5, 5.41) is 2.94. The molecule has 0 aliphatic carbocycles. The van der Waals surface area contributed by atoms with Gasteiger partial charge in [-0.15, -0.1) is 11.8 Å². The van der Waals surface area contributed by atoms with E-state index in [0.29, 0.717) is 5.75 Å². The Labute approximate surface area is 107 Å². The van der Waals surface area contributed by atoms with Crippen molar-refractivity contribution in [2.24, 2.45) is 0 Å². The van der Waals surface area contributed by atoms with Crippen LogP contribution in [0.3, 0.4) is 0 Å². The fourth-order valence-electron chi connectivity index (χ4n) is 1.43. The summed E-state index contributed by atoms with van der Waals surface area (Å²) in [7, 11) is 0. The smallest absolute Gasteiger partial charge is 0.230 e. The quantitative estimate of drug-likeness (QED) is 0.642. The predicted molar refractivity (Wildman–Crippen MR) is 74.2 cm³/mol. The Kier molecular flexibility index (Phi) is 4.46. The van der Waals surface area contributed by atoms with E-state index in [0.717, 1.165) is 16.1 Å². The minimum absolute atomic E-state index is 0.0544. The molecule has 0 unspecified atom stereocenters. The van der Waals surface area contributed by atoms with E-state index in [-0.39, 0.29) is 11.4 Å². The number of thioether (sulfide) groups is 1. The number of amides is 1. The molecule has 0 fully saturated rings. The molecule has 1 rings (SSSR count). The number of benzene rings is 1. The Bertz CT molecular complexity index is 410. The van der Waals surface area contributed by atoms with Crippen LogP contribution in [0.4, 0.5) is 5.69 Å². The number of carbonyl (C=O) groups excluding carboxylic acids is 1. The molecule has 1 aromatic carbocycles. The zero-order valence-electron chi connectivity index (χ0n) is 10.8. The molecular weight excluding hydrogens is 232 g/mol. The zero-order chi connectivity index (χ0) is 13.1. The van der Waals surface area contributed by atoms with Gasteiger partial charge < -0.3 is 11.1 Å². The van der Waals surface area contributed by atoms with Crippen molar-refractivity contribution in [3.63, 3.8) is 0 Å². The van der Waals surface area contributed by atoms with Gasteiger partial charge in [-0.1, -0.05) is 0 Å². The van der Waals surface area contributed by atoms with E-state index in [1.165, 1.54) is 11.8 Å². The normalized spacial score (nSPS) is 11.3. The molecule has 0 aliphatic heterocycles. The van der Waals surface area contributed by atoms with Crippen LogP contribution < -0.4 is 11.1 Å². The van der Waals surface area contributed by atoms with Crippen LogP contribution >= 0.6 is 11.8 Å². The summed E-state index contributed by atoms with van der Waals surface area (Å²) in [5.41, 5.74) is 7.37. The van der Waals surface area contributed by atoms with Crippen LogP contribution in [0.2, 0.25) is 0 Å². The second kappa shape index (κ2) is 5.45. The van der Waals surface area contributed by atoms with Crippen molar-refractivity contribution in [3.8, 4) is 0 Å². The monoisotopic (exact) mass is 252 g/mol. The lowest BCUT2D eigenvalue weighted by molar-refractivity contribution is -0.119. The van der Waals surface area contributed by atoms with Gasteiger partial charge in [0, 0.05) is 16.1 Å². The molecule has 3 nitrogen and oxygen atoms in total. The minimum Gasteiger partial charge on any atom is -0.399 e. The Morgan fingerprint density at radius 1 is 1.41 bits per heavy atom. The third-order valence-corrected chi connectivity index (χ3v) is 3.25. The van der Waals surface area contributed by atoms with E-state index in [1.54, 1.807) is 0 Å². The lowest BCUT2D eigenvalue weighted by Crippen LogP contribution is -2.41. The van der Waals surface area contributed by atoms with Crippen LogP contribution in [0.1, 0.15) is 26.3 Å². The molecule has 0 atom stereocenters. The van der Waals surface area contributed by atoms with Crippen molar-refractivity contribution < 1.29 is 4.79 Å². The average molecular weight is 252 g/mol. The number of carbonyl (C=O) groups is 1. The average Bonchev–Trinajstić information content (AvgIpc) is 2.13. The molecule has 4 heteroatoms. The van der Waals surface area contributed by atoms with Crippen LogP contribution in [0.5, 0.6) is 0 Å². The summed E-state index contributed by atoms with van der Waals surface area (Å²) in [6.45, 7) is 7.93. The van der Waals surface area contributed by atoms with Gasteiger partial charge in [-0.2, -0.15) is 0 Å². The lowest BCUT2D eigenvalue weighted by Gasteiger charge is -2.20. The fourth-order valence-corrected chi connectivity index (χ4v) is 2.24. The first-order valence-corrected chi connectivity index (χ1v) is 6.56. The second-order valence-corrected chi connectivity index (χ2v) is 6.13. The van der Waals surface area contributed by atoms with Crippen molar-refractivity contribution in [1.29, 1.82) is 0 Å². The predicted octanol–water partition coefficient (Wildman–Crippen LogP) is 2.58. The number of nitrogens with two attached hydrogens (primary N) is 1. The number of aryl methyl sites for hydroxylation is 1. The highest BCUT2D eigenvalue weighted by Crippen LogP contribution is 2.23. The number of hydrogen-bond acceptors (Lipinski definition) is 3. The summed E-state index contributed by atoms with van der Waals surface area (Å²) in [6, 6.07) is 5.74. The van der Waals surface area contributed by atoms with Gasteiger partial charge in [0.05, 0.1) is 5.75 Å². The maximum atomic E-state index is 11.7. The van der Waals surface area contributed by atoms with E-state index in [2.05, 4.69) is 5.32 Å². The van der Waals surface area contributed by atoms with Gasteiger partial charge in [0.15, 0.2) is 0 Å². The van der Waals surface area contributed by atoms with Gasteiger partial charge in [0.25, 0.3) is 0 Å². The molecule has 0 saturated heterocycles. The molecule has 0 spiro atoms. The molecule has 0 heterocycles. The maximum Gasteiger partial charge on any atom is 0.230 e. The highest BCUT2D eigenvalue weighted by molar-refractivity contribution is 8.00. The molecule has 0 saturated carbocycles. The van der Waals surface area contributed by atoms with Crippen molar-refractivity contribution in [1.82, 2.24) is 5.32 Å². The summed E-state index contributed by atoms with van der Waals surface area (Å²) < 4.78 is 0. The minimum atomic E-state index is -0.173. The molecule has 0 aromatic heterocycles. The first-order valence-electron chi connectivity index (χ1n) is 5.58. The molecule has 3 N–H and O–H groups in total. The Morgan fingerprint density at radius 2 is 2.06 bits per heavy atom. The largest absolute Gasteiger partial charge is 0.399 e. The van der Waals surface area contributed by atoms with E-state index in [4.69, 9.17) is 5.73 Å². The maximum absolute atomic E-state index is 11.7. The number of hydrogen-bond donors (Lipinski definition) is 2. The van der Waals surface area contributed by atoms with Crippen molar-refractivity contribution in [3.05, 3.63) is 23.8 Å². The molecule has 17 heavy (non-hydrogen) atoms. The third kappa shape index (κ3) is 5.13. The van der Waals surface area contributed by atoms with Gasteiger partial charge in [0.1, 0.15) is 0 Å². The van der Waals surface area contributed by atoms with Gasteiger partial charge >= 0.3 is 0 Å². The first-order chi connectivity index (χ1) is 7.78. The van der Waals surface area contributed by atoms with Crippen LogP contribution in [0.15, 0.2) is 23.1 Å². The summed E-state index contributed by atoms with van der Waals surface area (Å²) in [4.78, 5) is 12.8. The Morgan fingerprint density at radius 3 is 2.59 bits per heavy atom. The van der Waals surface area contributed by atoms with Crippen molar-refractivity contribution in [2.45, 2.75) is 38.1 Å². The van der Waals surface area contributed by atoms with Crippen LogP contribution in [0, 0.1) is 6.92 Å². The van der Waals surface area contributed by atoms with Gasteiger partial charge in [-0.3, -0.25) is 4.79 Å². The van der Waals surface area contributed by atoms with E-state index < -0.39 is 0 Å². The zero-order valence-corrected chi connectivity index (χ0v) is 11.6. The SMILES string of the molecule is Cc1cc(N)ccc1SCC(=O)NC(C)(C)C. The highest BCUT2D eigenvalue weighted by atomic mass is 32.2. The summed E-state index contributed by atoms with van der Waals surface area (Å²) >= 11 is 1.54. The van der Waals surface area contributed by atoms with Gasteiger partial charge in [-0.25, -0.2) is 0 Å². The second-order valence-electron chi connectivity index (χ2n) is 5.11. The number of rotatable bonds is 3. The van der Waals surface area contributed by atoms with Crippen molar-refractivity contribution >= 4 is 23.4 Å². The summed E-state index contributed by atoms with van der Waals surface area (Å²) in [6.07, 6.45) is 0. The first kappa shape index (κ1) is 13.9. The van der Waals surface area contributed by atoms with Crippen LogP contribution in [-0.4, -0.2) is 17.2 Å². The van der Waals surface area contributed by atoms with Crippen molar-refractivity contribution in [2.75, 3.05) is 11.5 Å². The number of nitrogens with one attached hydrogen (secondary N) is 1. The summed E-state index contributed by atoms with van der Waals surface area (Å²) in [5.74, 6) is 0.487. The van der Waals surface area contributed by atoms with Crippen LogP contribution in [0.25, 0.3) is 0 Å². The van der Waals surface area contributed by atoms with Crippen LogP contribution in [-0.2, 0) is 4.79 Å². The molecule has 0 bridgehead atoms. The van der Waals surface area contributed by atoms with E-state index >= 15 is 0 Å². The molecule has 1 amide bonds. The molecule has 0 radical (unpaired) electrons. The third-order valence-electron chi connectivity index (χ3n) is 2.07. The van der Waals surface area contributed by atoms with E-state index in [9.17, 15) is 4.79 Å². The standard InChI is InChI=1S/C13H20N2OS/c1-9-7-10(14)5-6-11(9)17-8-12(16)15-13(2,3)4/h5-7H,8,14H2,1-4H3,(H,15,16). The molecule has 1 aromatic rings. The fraction of sp³-hybridized carbons (Fsp3) is 0.462. The highest BCUT2D eigenvalue weighted by Gasteiger charge is 2.13. The molecule has 94 valence electrons.